The molecule has 0 aromatic carbocycles. The van der Waals surface area contributed by atoms with Crippen molar-refractivity contribution in [3.63, 3.8) is 0 Å². The minimum absolute atomic E-state index is 0.214. The zero-order chi connectivity index (χ0) is 11.1. The molecule has 0 aliphatic carbocycles. The van der Waals surface area contributed by atoms with E-state index in [-0.39, 0.29) is 5.54 Å². The predicted molar refractivity (Wildman–Crippen MR) is 62.2 cm³/mol. The van der Waals surface area contributed by atoms with Gasteiger partial charge in [0.25, 0.3) is 0 Å². The molecule has 3 nitrogen and oxygen atoms in total. The van der Waals surface area contributed by atoms with E-state index in [1.165, 1.54) is 12.8 Å². The van der Waals surface area contributed by atoms with E-state index in [1.54, 1.807) is 0 Å². The first-order valence-electron chi connectivity index (χ1n) is 6.28. The van der Waals surface area contributed by atoms with Gasteiger partial charge in [0, 0.05) is 13.2 Å². The summed E-state index contributed by atoms with van der Waals surface area (Å²) in [5, 5.41) is 0. The number of rotatable bonds is 1. The monoisotopic (exact) mass is 215 g/mol. The van der Waals surface area contributed by atoms with Crippen molar-refractivity contribution in [3.8, 4) is 0 Å². The summed E-state index contributed by atoms with van der Waals surface area (Å²) in [7, 11) is 0. The van der Waals surface area contributed by atoms with E-state index in [4.69, 9.17) is 9.47 Å². The van der Waals surface area contributed by atoms with E-state index in [2.05, 4.69) is 11.8 Å². The van der Waals surface area contributed by atoms with Crippen molar-refractivity contribution in [1.82, 2.24) is 4.90 Å². The smallest absolute Gasteiger partial charge is 0.0680 e. The van der Waals surface area contributed by atoms with Gasteiger partial charge in [0.15, 0.2) is 0 Å². The normalized spacial score (nSPS) is 32.2. The van der Waals surface area contributed by atoms with Crippen molar-refractivity contribution in [2.45, 2.75) is 39.2 Å². The largest absolute Gasteiger partial charge is 0.379 e. The molecule has 2 aliphatic rings. The quantitative estimate of drug-likeness (QED) is 0.667. The Morgan fingerprint density at radius 3 is 2.40 bits per heavy atom. The van der Waals surface area contributed by atoms with Crippen LogP contribution in [0, 0.1) is 0 Å². The molecule has 3 heteroatoms. The van der Waals surface area contributed by atoms with Gasteiger partial charge in [0.05, 0.1) is 25.4 Å². The number of nitrogens with zero attached hydrogens (tertiary/aromatic N) is 1. The van der Waals surface area contributed by atoms with Gasteiger partial charge in [-0.2, -0.15) is 0 Å². The fraction of sp³-hybridized carbons (Fsp3) is 1.00. The van der Waals surface area contributed by atoms with E-state index in [0.717, 1.165) is 39.5 Å². The second-order valence-corrected chi connectivity index (χ2v) is 4.01. The molecule has 0 aromatic rings. The van der Waals surface area contributed by atoms with Gasteiger partial charge in [0.1, 0.15) is 0 Å². The standard InChI is InChI=1S/C10H19NO2.C2H6/c1-2-11-5-7-13-9-10(11)4-3-6-12-8-10;1-2/h2-9H2,1H3;1-2H3. The minimum atomic E-state index is 0.214. The second kappa shape index (κ2) is 6.46. The molecule has 1 unspecified atom stereocenters. The molecule has 0 radical (unpaired) electrons. The maximum absolute atomic E-state index is 5.57. The van der Waals surface area contributed by atoms with Crippen LogP contribution in [0.4, 0.5) is 0 Å². The molecule has 2 fully saturated rings. The van der Waals surface area contributed by atoms with Gasteiger partial charge in [-0.3, -0.25) is 4.90 Å². The molecule has 0 aromatic heterocycles. The van der Waals surface area contributed by atoms with Gasteiger partial charge < -0.3 is 9.47 Å². The third-order valence-electron chi connectivity index (χ3n) is 3.23. The van der Waals surface area contributed by atoms with Gasteiger partial charge in [-0.15, -0.1) is 0 Å². The maximum atomic E-state index is 5.57. The molecular formula is C12H25NO2. The van der Waals surface area contributed by atoms with Crippen molar-refractivity contribution >= 4 is 0 Å². The van der Waals surface area contributed by atoms with Gasteiger partial charge in [-0.1, -0.05) is 20.8 Å². The lowest BCUT2D eigenvalue weighted by Crippen LogP contribution is -2.60. The van der Waals surface area contributed by atoms with Crippen LogP contribution in [0.25, 0.3) is 0 Å². The first kappa shape index (κ1) is 12.9. The SMILES string of the molecule is CC.CCN1CCOCC12CCCOC2. The first-order valence-corrected chi connectivity index (χ1v) is 6.28. The summed E-state index contributed by atoms with van der Waals surface area (Å²) in [5.41, 5.74) is 0.214. The summed E-state index contributed by atoms with van der Waals surface area (Å²) in [6.07, 6.45) is 2.42. The van der Waals surface area contributed by atoms with E-state index in [0.29, 0.717) is 0 Å². The van der Waals surface area contributed by atoms with Crippen LogP contribution < -0.4 is 0 Å². The molecule has 1 spiro atoms. The minimum Gasteiger partial charge on any atom is -0.379 e. The molecule has 0 N–H and O–H groups in total. The Morgan fingerprint density at radius 1 is 1.13 bits per heavy atom. The predicted octanol–water partition coefficient (Wildman–Crippen LogP) is 1.91. The molecule has 90 valence electrons. The molecule has 0 saturated carbocycles. The summed E-state index contributed by atoms with van der Waals surface area (Å²) in [5.74, 6) is 0. The summed E-state index contributed by atoms with van der Waals surface area (Å²) in [4.78, 5) is 2.52. The number of hydrogen-bond acceptors (Lipinski definition) is 3. The molecule has 0 amide bonds. The second-order valence-electron chi connectivity index (χ2n) is 4.01. The third kappa shape index (κ3) is 2.92. The molecule has 0 bridgehead atoms. The van der Waals surface area contributed by atoms with Gasteiger partial charge in [-0.05, 0) is 19.4 Å². The molecule has 1 atom stereocenters. The molecule has 2 rings (SSSR count). The van der Waals surface area contributed by atoms with Crippen LogP contribution in [-0.2, 0) is 9.47 Å². The Balaban J connectivity index is 0.000000531. The van der Waals surface area contributed by atoms with Crippen LogP contribution in [0.2, 0.25) is 0 Å². The summed E-state index contributed by atoms with van der Waals surface area (Å²) in [6, 6.07) is 0. The Hall–Kier alpha value is -0.120. The Bertz CT molecular complexity index is 159. The van der Waals surface area contributed by atoms with Crippen molar-refractivity contribution in [1.29, 1.82) is 0 Å². The van der Waals surface area contributed by atoms with Crippen molar-refractivity contribution in [2.75, 3.05) is 39.5 Å². The highest BCUT2D eigenvalue weighted by molar-refractivity contribution is 4.94. The van der Waals surface area contributed by atoms with Crippen LogP contribution >= 0.6 is 0 Å². The molecule has 2 saturated heterocycles. The highest BCUT2D eigenvalue weighted by Crippen LogP contribution is 2.28. The molecular weight excluding hydrogens is 190 g/mol. The van der Waals surface area contributed by atoms with Gasteiger partial charge in [0.2, 0.25) is 0 Å². The van der Waals surface area contributed by atoms with Crippen LogP contribution in [0.15, 0.2) is 0 Å². The van der Waals surface area contributed by atoms with Crippen LogP contribution in [0.5, 0.6) is 0 Å². The lowest BCUT2D eigenvalue weighted by molar-refractivity contribution is -0.126. The van der Waals surface area contributed by atoms with Crippen molar-refractivity contribution < 1.29 is 9.47 Å². The zero-order valence-corrected chi connectivity index (χ0v) is 10.4. The highest BCUT2D eigenvalue weighted by Gasteiger charge is 2.40. The van der Waals surface area contributed by atoms with Crippen molar-refractivity contribution in [2.24, 2.45) is 0 Å². The Kier molecular flexibility index (Phi) is 5.58. The van der Waals surface area contributed by atoms with E-state index < -0.39 is 0 Å². The van der Waals surface area contributed by atoms with Gasteiger partial charge >= 0.3 is 0 Å². The van der Waals surface area contributed by atoms with Gasteiger partial charge in [-0.25, -0.2) is 0 Å². The van der Waals surface area contributed by atoms with Crippen molar-refractivity contribution in [3.05, 3.63) is 0 Å². The number of ether oxygens (including phenoxy) is 2. The number of likely N-dealkylation sites (N-methyl/N-ethyl adjacent to an activating group) is 1. The topological polar surface area (TPSA) is 21.7 Å². The average Bonchev–Trinajstić information content (AvgIpc) is 2.33. The molecule has 2 heterocycles. The fourth-order valence-electron chi connectivity index (χ4n) is 2.46. The van der Waals surface area contributed by atoms with E-state index in [1.807, 2.05) is 13.8 Å². The molecule has 15 heavy (non-hydrogen) atoms. The maximum Gasteiger partial charge on any atom is 0.0680 e. The zero-order valence-electron chi connectivity index (χ0n) is 10.4. The van der Waals surface area contributed by atoms with E-state index >= 15 is 0 Å². The Morgan fingerprint density at radius 2 is 1.80 bits per heavy atom. The van der Waals surface area contributed by atoms with Crippen LogP contribution in [0.1, 0.15) is 33.6 Å². The summed E-state index contributed by atoms with van der Waals surface area (Å²) >= 11 is 0. The van der Waals surface area contributed by atoms with Crippen LogP contribution in [-0.4, -0.2) is 50.0 Å². The summed E-state index contributed by atoms with van der Waals surface area (Å²) < 4.78 is 11.1. The third-order valence-corrected chi connectivity index (χ3v) is 3.23. The fourth-order valence-corrected chi connectivity index (χ4v) is 2.46. The number of hydrogen-bond donors (Lipinski definition) is 0. The highest BCUT2D eigenvalue weighted by atomic mass is 16.5. The lowest BCUT2D eigenvalue weighted by Gasteiger charge is -2.48. The molecule has 2 aliphatic heterocycles. The van der Waals surface area contributed by atoms with E-state index in [9.17, 15) is 0 Å². The average molecular weight is 215 g/mol. The summed E-state index contributed by atoms with van der Waals surface area (Å²) in [6.45, 7) is 11.9. The number of morpholine rings is 1. The Labute approximate surface area is 93.7 Å². The lowest BCUT2D eigenvalue weighted by atomic mass is 9.90. The first-order chi connectivity index (χ1) is 7.37. The van der Waals surface area contributed by atoms with Crippen LogP contribution in [0.3, 0.4) is 0 Å².